The van der Waals surface area contributed by atoms with Gasteiger partial charge in [-0.05, 0) is 62.1 Å². The zero-order valence-corrected chi connectivity index (χ0v) is 13.8. The molecule has 126 valence electrons. The molecule has 0 aliphatic heterocycles. The molecule has 0 unspecified atom stereocenters. The summed E-state index contributed by atoms with van der Waals surface area (Å²) < 4.78 is 16.1. The topological polar surface area (TPSA) is 46.9 Å². The maximum absolute atomic E-state index is 14.4. The van der Waals surface area contributed by atoms with Crippen LogP contribution in [0.5, 0.6) is 0 Å². The highest BCUT2D eigenvalue weighted by molar-refractivity contribution is 5.80. The summed E-state index contributed by atoms with van der Waals surface area (Å²) in [5.74, 6) is 1.94. The van der Waals surface area contributed by atoms with E-state index in [0.717, 1.165) is 11.4 Å². The maximum atomic E-state index is 14.4. The molecule has 24 heavy (non-hydrogen) atoms. The number of amides is 1. The van der Waals surface area contributed by atoms with Crippen LogP contribution in [-0.2, 0) is 11.3 Å². The highest BCUT2D eigenvalue weighted by Gasteiger charge is 2.45. The monoisotopic (exact) mass is 327 g/mol. The van der Waals surface area contributed by atoms with Crippen LogP contribution in [0.2, 0.25) is 0 Å². The number of benzene rings is 1. The van der Waals surface area contributed by atoms with E-state index in [0.29, 0.717) is 24.1 Å². The first-order valence-corrected chi connectivity index (χ1v) is 8.70. The summed E-state index contributed by atoms with van der Waals surface area (Å²) in [6.45, 7) is 2.22. The van der Waals surface area contributed by atoms with Gasteiger partial charge in [-0.15, -0.1) is 0 Å². The molecular formula is C19H22FN3O. The van der Waals surface area contributed by atoms with Crippen LogP contribution in [0.1, 0.15) is 37.1 Å². The van der Waals surface area contributed by atoms with Crippen molar-refractivity contribution in [2.45, 2.75) is 39.2 Å². The summed E-state index contributed by atoms with van der Waals surface area (Å²) in [5, 5.41) is 3.01. The molecule has 0 radical (unpaired) electrons. The number of rotatable bonds is 6. The Morgan fingerprint density at radius 2 is 2.04 bits per heavy atom. The number of hydrogen-bond acceptors (Lipinski definition) is 2. The highest BCUT2D eigenvalue weighted by Crippen LogP contribution is 2.49. The van der Waals surface area contributed by atoms with Crippen LogP contribution >= 0.6 is 0 Å². The number of imidazole rings is 1. The van der Waals surface area contributed by atoms with Crippen LogP contribution in [0.4, 0.5) is 4.39 Å². The van der Waals surface area contributed by atoms with E-state index < -0.39 is 0 Å². The molecule has 5 heteroatoms. The Morgan fingerprint density at radius 3 is 2.58 bits per heavy atom. The molecule has 2 fully saturated rings. The molecule has 1 aromatic carbocycles. The SMILES string of the molecule is Cc1nccn1-c1ccc(CNC(=O)C(C2CC2)C2CC2)cc1F. The van der Waals surface area contributed by atoms with E-state index in [1.165, 1.54) is 31.7 Å². The number of hydrogen-bond donors (Lipinski definition) is 1. The minimum atomic E-state index is -0.302. The molecule has 4 rings (SSSR count). The first-order valence-electron chi connectivity index (χ1n) is 8.70. The van der Waals surface area contributed by atoms with Crippen LogP contribution in [0.15, 0.2) is 30.6 Å². The number of carbonyl (C=O) groups is 1. The minimum absolute atomic E-state index is 0.148. The summed E-state index contributed by atoms with van der Waals surface area (Å²) in [4.78, 5) is 16.6. The van der Waals surface area contributed by atoms with Crippen molar-refractivity contribution in [3.05, 3.63) is 47.8 Å². The normalized spacial score (nSPS) is 17.3. The summed E-state index contributed by atoms with van der Waals surface area (Å²) in [5.41, 5.74) is 1.27. The molecular weight excluding hydrogens is 305 g/mol. The van der Waals surface area contributed by atoms with Crippen molar-refractivity contribution in [1.29, 1.82) is 0 Å². The average Bonchev–Trinajstić information content (AvgIpc) is 3.48. The molecule has 2 aliphatic rings. The Kier molecular flexibility index (Phi) is 3.87. The van der Waals surface area contributed by atoms with Gasteiger partial charge >= 0.3 is 0 Å². The van der Waals surface area contributed by atoms with E-state index in [-0.39, 0.29) is 17.6 Å². The van der Waals surface area contributed by atoms with Crippen LogP contribution < -0.4 is 5.32 Å². The van der Waals surface area contributed by atoms with Crippen molar-refractivity contribution < 1.29 is 9.18 Å². The van der Waals surface area contributed by atoms with Gasteiger partial charge in [-0.25, -0.2) is 9.37 Å². The third-order valence-electron chi connectivity index (χ3n) is 5.13. The number of aromatic nitrogens is 2. The smallest absolute Gasteiger partial charge is 0.223 e. The number of nitrogens with zero attached hydrogens (tertiary/aromatic N) is 2. The largest absolute Gasteiger partial charge is 0.352 e. The first kappa shape index (κ1) is 15.4. The lowest BCUT2D eigenvalue weighted by molar-refractivity contribution is -0.126. The molecule has 0 bridgehead atoms. The molecule has 1 N–H and O–H groups in total. The first-order chi connectivity index (χ1) is 11.6. The van der Waals surface area contributed by atoms with Crippen LogP contribution in [-0.4, -0.2) is 15.5 Å². The van der Waals surface area contributed by atoms with Gasteiger partial charge in [0.05, 0.1) is 5.69 Å². The molecule has 1 heterocycles. The van der Waals surface area contributed by atoms with E-state index in [2.05, 4.69) is 10.3 Å². The van der Waals surface area contributed by atoms with E-state index >= 15 is 0 Å². The Morgan fingerprint density at radius 1 is 1.33 bits per heavy atom. The molecule has 4 nitrogen and oxygen atoms in total. The fraction of sp³-hybridized carbons (Fsp3) is 0.474. The third-order valence-corrected chi connectivity index (χ3v) is 5.13. The van der Waals surface area contributed by atoms with E-state index in [1.54, 1.807) is 23.0 Å². The summed E-state index contributed by atoms with van der Waals surface area (Å²) in [6, 6.07) is 5.10. The molecule has 1 aromatic heterocycles. The molecule has 2 aliphatic carbocycles. The molecule has 0 spiro atoms. The lowest BCUT2D eigenvalue weighted by Gasteiger charge is -2.16. The van der Waals surface area contributed by atoms with Crippen LogP contribution in [0.25, 0.3) is 5.69 Å². The lowest BCUT2D eigenvalue weighted by Crippen LogP contribution is -2.32. The number of nitrogens with one attached hydrogen (secondary N) is 1. The molecule has 1 amide bonds. The quantitative estimate of drug-likeness (QED) is 0.884. The van der Waals surface area contributed by atoms with Crippen molar-refractivity contribution in [3.63, 3.8) is 0 Å². The van der Waals surface area contributed by atoms with Gasteiger partial charge in [0.2, 0.25) is 5.91 Å². The predicted molar refractivity (Wildman–Crippen MR) is 89.0 cm³/mol. The standard InChI is InChI=1S/C19H22FN3O/c1-12-21-8-9-23(12)17-7-2-13(10-16(17)20)11-22-19(24)18(14-3-4-14)15-5-6-15/h2,7-10,14-15,18H,3-6,11H2,1H3,(H,22,24). The van der Waals surface area contributed by atoms with Gasteiger partial charge in [-0.3, -0.25) is 4.79 Å². The average molecular weight is 327 g/mol. The number of halogens is 1. The van der Waals surface area contributed by atoms with Crippen molar-refractivity contribution >= 4 is 5.91 Å². The highest BCUT2D eigenvalue weighted by atomic mass is 19.1. The van der Waals surface area contributed by atoms with Gasteiger partial charge in [-0.1, -0.05) is 6.07 Å². The fourth-order valence-corrected chi connectivity index (χ4v) is 3.52. The van der Waals surface area contributed by atoms with Crippen LogP contribution in [0.3, 0.4) is 0 Å². The minimum Gasteiger partial charge on any atom is -0.352 e. The number of carbonyl (C=O) groups excluding carboxylic acids is 1. The van der Waals surface area contributed by atoms with E-state index in [1.807, 2.05) is 13.0 Å². The van der Waals surface area contributed by atoms with Crippen molar-refractivity contribution in [2.75, 3.05) is 0 Å². The Hall–Kier alpha value is -2.17. The molecule has 0 atom stereocenters. The fourth-order valence-electron chi connectivity index (χ4n) is 3.52. The van der Waals surface area contributed by atoms with Gasteiger partial charge in [0.25, 0.3) is 0 Å². The summed E-state index contributed by atoms with van der Waals surface area (Å²) >= 11 is 0. The van der Waals surface area contributed by atoms with Gasteiger partial charge in [-0.2, -0.15) is 0 Å². The Labute approximate surface area is 141 Å². The number of aryl methyl sites for hydroxylation is 1. The van der Waals surface area contributed by atoms with Crippen LogP contribution in [0, 0.1) is 30.5 Å². The van der Waals surface area contributed by atoms with Crippen molar-refractivity contribution in [2.24, 2.45) is 17.8 Å². The Balaban J connectivity index is 1.42. The van der Waals surface area contributed by atoms with Gasteiger partial charge in [0.1, 0.15) is 11.6 Å². The zero-order valence-electron chi connectivity index (χ0n) is 13.8. The van der Waals surface area contributed by atoms with Gasteiger partial charge < -0.3 is 9.88 Å². The van der Waals surface area contributed by atoms with Gasteiger partial charge in [0, 0.05) is 24.9 Å². The van der Waals surface area contributed by atoms with Crippen molar-refractivity contribution in [3.8, 4) is 5.69 Å². The second-order valence-electron chi connectivity index (χ2n) is 7.05. The van der Waals surface area contributed by atoms with Gasteiger partial charge in [0.15, 0.2) is 0 Å². The van der Waals surface area contributed by atoms with E-state index in [4.69, 9.17) is 0 Å². The summed E-state index contributed by atoms with van der Waals surface area (Å²) in [7, 11) is 0. The van der Waals surface area contributed by atoms with E-state index in [9.17, 15) is 9.18 Å². The second kappa shape index (κ2) is 6.04. The lowest BCUT2D eigenvalue weighted by atomic mass is 9.97. The molecule has 2 saturated carbocycles. The molecule has 2 aromatic rings. The molecule has 0 saturated heterocycles. The second-order valence-corrected chi connectivity index (χ2v) is 7.05. The third kappa shape index (κ3) is 3.07. The summed E-state index contributed by atoms with van der Waals surface area (Å²) in [6.07, 6.45) is 8.12. The van der Waals surface area contributed by atoms with Crippen molar-refractivity contribution in [1.82, 2.24) is 14.9 Å². The maximum Gasteiger partial charge on any atom is 0.223 e. The zero-order chi connectivity index (χ0) is 16.7. The predicted octanol–water partition coefficient (Wildman–Crippen LogP) is 3.37. The Bertz CT molecular complexity index is 750.